The quantitative estimate of drug-likeness (QED) is 0.598. The van der Waals surface area contributed by atoms with Crippen LogP contribution in [0.15, 0.2) is 24.3 Å². The van der Waals surface area contributed by atoms with Crippen molar-refractivity contribution in [1.29, 1.82) is 0 Å². The Morgan fingerprint density at radius 2 is 0.917 bits per heavy atom. The van der Waals surface area contributed by atoms with Gasteiger partial charge in [0, 0.05) is 76.6 Å². The molecule has 198 valence electrons. The molecule has 0 bridgehead atoms. The Kier molecular flexibility index (Phi) is 8.90. The van der Waals surface area contributed by atoms with E-state index in [9.17, 15) is 9.59 Å². The van der Waals surface area contributed by atoms with Crippen molar-refractivity contribution in [2.75, 3.05) is 91.9 Å². The third kappa shape index (κ3) is 6.65. The molecule has 0 atom stereocenters. The van der Waals surface area contributed by atoms with Crippen molar-refractivity contribution in [2.45, 2.75) is 25.7 Å². The van der Waals surface area contributed by atoms with E-state index in [4.69, 9.17) is 9.47 Å². The molecule has 8 heteroatoms. The maximum Gasteiger partial charge on any atom is 0.253 e. The molecule has 1 aromatic carbocycles. The molecule has 1 aromatic rings. The summed E-state index contributed by atoms with van der Waals surface area (Å²) in [5.41, 5.74) is 1.37. The van der Waals surface area contributed by atoms with Crippen LogP contribution in [0.1, 0.15) is 46.4 Å². The second-order valence-electron chi connectivity index (χ2n) is 10.9. The summed E-state index contributed by atoms with van der Waals surface area (Å²) in [7, 11) is 0. The average molecular weight is 499 g/mol. The standard InChI is InChI=1S/C28H42N4O4/c33-27(31-9-5-23(6-10-31)21-29-13-17-35-18-14-29)25-1-2-26(4-3-25)28(34)32-11-7-24(8-12-32)22-30-15-19-36-20-16-30/h1-4,23-24H,5-22H2. The van der Waals surface area contributed by atoms with Gasteiger partial charge < -0.3 is 19.3 Å². The van der Waals surface area contributed by atoms with E-state index >= 15 is 0 Å². The molecule has 0 aromatic heterocycles. The second kappa shape index (κ2) is 12.5. The number of rotatable bonds is 6. The number of piperidine rings is 2. The van der Waals surface area contributed by atoms with Crippen LogP contribution in [0, 0.1) is 11.8 Å². The maximum atomic E-state index is 13.1. The lowest BCUT2D eigenvalue weighted by Gasteiger charge is -2.36. The number of hydrogen-bond donors (Lipinski definition) is 0. The van der Waals surface area contributed by atoms with E-state index in [1.807, 2.05) is 34.1 Å². The highest BCUT2D eigenvalue weighted by atomic mass is 16.5. The first-order valence-corrected chi connectivity index (χ1v) is 13.9. The average Bonchev–Trinajstić information content (AvgIpc) is 2.94. The number of nitrogens with zero attached hydrogens (tertiary/aromatic N) is 4. The zero-order valence-electron chi connectivity index (χ0n) is 21.6. The number of likely N-dealkylation sites (tertiary alicyclic amines) is 2. The largest absolute Gasteiger partial charge is 0.379 e. The molecule has 4 fully saturated rings. The van der Waals surface area contributed by atoms with Crippen LogP contribution in [-0.4, -0.2) is 123 Å². The molecule has 0 N–H and O–H groups in total. The highest BCUT2D eigenvalue weighted by Gasteiger charge is 2.27. The fourth-order valence-electron chi connectivity index (χ4n) is 6.06. The van der Waals surface area contributed by atoms with E-state index < -0.39 is 0 Å². The molecule has 0 aliphatic carbocycles. The number of carbonyl (C=O) groups excluding carboxylic acids is 2. The molecule has 0 spiro atoms. The van der Waals surface area contributed by atoms with Crippen molar-refractivity contribution in [3.05, 3.63) is 35.4 Å². The Bertz CT molecular complexity index is 780. The van der Waals surface area contributed by atoms with Crippen molar-refractivity contribution >= 4 is 11.8 Å². The minimum Gasteiger partial charge on any atom is -0.379 e. The smallest absolute Gasteiger partial charge is 0.253 e. The van der Waals surface area contributed by atoms with Crippen LogP contribution in [0.4, 0.5) is 0 Å². The molecule has 4 aliphatic rings. The van der Waals surface area contributed by atoms with E-state index in [-0.39, 0.29) is 11.8 Å². The van der Waals surface area contributed by atoms with E-state index in [0.29, 0.717) is 23.0 Å². The summed E-state index contributed by atoms with van der Waals surface area (Å²) in [6.45, 7) is 12.9. The normalized spacial score (nSPS) is 23.7. The van der Waals surface area contributed by atoms with Crippen LogP contribution in [0.25, 0.3) is 0 Å². The Hall–Kier alpha value is -2.00. The van der Waals surface area contributed by atoms with Crippen LogP contribution in [-0.2, 0) is 9.47 Å². The predicted octanol–water partition coefficient (Wildman–Crippen LogP) is 2.06. The lowest BCUT2D eigenvalue weighted by atomic mass is 9.95. The van der Waals surface area contributed by atoms with Crippen LogP contribution in [0.5, 0.6) is 0 Å². The van der Waals surface area contributed by atoms with Crippen molar-refractivity contribution in [1.82, 2.24) is 19.6 Å². The highest BCUT2D eigenvalue weighted by molar-refractivity contribution is 5.97. The van der Waals surface area contributed by atoms with Gasteiger partial charge in [-0.15, -0.1) is 0 Å². The molecular formula is C28H42N4O4. The van der Waals surface area contributed by atoms with Gasteiger partial charge in [0.05, 0.1) is 26.4 Å². The zero-order chi connectivity index (χ0) is 24.7. The Labute approximate surface area is 215 Å². The van der Waals surface area contributed by atoms with Gasteiger partial charge in [-0.2, -0.15) is 0 Å². The van der Waals surface area contributed by atoms with E-state index in [0.717, 1.165) is 118 Å². The molecule has 4 aliphatic heterocycles. The Morgan fingerprint density at radius 3 is 1.25 bits per heavy atom. The topological polar surface area (TPSA) is 65.6 Å². The molecule has 2 amide bonds. The van der Waals surface area contributed by atoms with Crippen molar-refractivity contribution < 1.29 is 19.1 Å². The Morgan fingerprint density at radius 1 is 0.583 bits per heavy atom. The van der Waals surface area contributed by atoms with Gasteiger partial charge in [-0.1, -0.05) is 0 Å². The predicted molar refractivity (Wildman–Crippen MR) is 138 cm³/mol. The molecular weight excluding hydrogens is 456 g/mol. The first-order valence-electron chi connectivity index (χ1n) is 13.9. The second-order valence-corrected chi connectivity index (χ2v) is 10.9. The van der Waals surface area contributed by atoms with Gasteiger partial charge in [-0.05, 0) is 61.8 Å². The van der Waals surface area contributed by atoms with Crippen molar-refractivity contribution in [2.24, 2.45) is 11.8 Å². The number of amides is 2. The van der Waals surface area contributed by atoms with Gasteiger partial charge in [0.2, 0.25) is 0 Å². The summed E-state index contributed by atoms with van der Waals surface area (Å²) in [5.74, 6) is 1.49. The first kappa shape index (κ1) is 25.6. The molecule has 8 nitrogen and oxygen atoms in total. The van der Waals surface area contributed by atoms with Gasteiger partial charge in [-0.25, -0.2) is 0 Å². The number of benzene rings is 1. The summed E-state index contributed by atoms with van der Waals surface area (Å²) < 4.78 is 10.9. The molecule has 5 rings (SSSR count). The van der Waals surface area contributed by atoms with Crippen LogP contribution >= 0.6 is 0 Å². The minimum absolute atomic E-state index is 0.0859. The van der Waals surface area contributed by atoms with E-state index in [1.165, 1.54) is 0 Å². The molecule has 36 heavy (non-hydrogen) atoms. The number of morpholine rings is 2. The van der Waals surface area contributed by atoms with Gasteiger partial charge in [0.25, 0.3) is 11.8 Å². The zero-order valence-corrected chi connectivity index (χ0v) is 21.6. The fraction of sp³-hybridized carbons (Fsp3) is 0.714. The summed E-state index contributed by atoms with van der Waals surface area (Å²) in [6, 6.07) is 7.34. The Balaban J connectivity index is 1.06. The SMILES string of the molecule is O=C(c1ccc(C(=O)N2CCC(CN3CCOCC3)CC2)cc1)N1CCC(CN2CCOCC2)CC1. The molecule has 0 saturated carbocycles. The third-order valence-electron chi connectivity index (χ3n) is 8.42. The summed E-state index contributed by atoms with van der Waals surface area (Å²) in [4.78, 5) is 35.1. The molecule has 4 heterocycles. The van der Waals surface area contributed by atoms with Crippen LogP contribution < -0.4 is 0 Å². The lowest BCUT2D eigenvalue weighted by molar-refractivity contribution is 0.0240. The first-order chi connectivity index (χ1) is 17.7. The van der Waals surface area contributed by atoms with Crippen LogP contribution in [0.3, 0.4) is 0 Å². The van der Waals surface area contributed by atoms with Gasteiger partial charge in [0.15, 0.2) is 0 Å². The van der Waals surface area contributed by atoms with Gasteiger partial charge in [-0.3, -0.25) is 19.4 Å². The monoisotopic (exact) mass is 498 g/mol. The number of hydrogen-bond acceptors (Lipinski definition) is 6. The fourth-order valence-corrected chi connectivity index (χ4v) is 6.06. The van der Waals surface area contributed by atoms with Gasteiger partial charge >= 0.3 is 0 Å². The van der Waals surface area contributed by atoms with Crippen molar-refractivity contribution in [3.8, 4) is 0 Å². The third-order valence-corrected chi connectivity index (χ3v) is 8.42. The molecule has 4 saturated heterocycles. The van der Waals surface area contributed by atoms with E-state index in [2.05, 4.69) is 9.80 Å². The lowest BCUT2D eigenvalue weighted by Crippen LogP contribution is -2.44. The highest BCUT2D eigenvalue weighted by Crippen LogP contribution is 2.23. The minimum atomic E-state index is 0.0859. The molecule has 0 unspecified atom stereocenters. The molecule has 0 radical (unpaired) electrons. The maximum absolute atomic E-state index is 13.1. The van der Waals surface area contributed by atoms with Crippen molar-refractivity contribution in [3.63, 3.8) is 0 Å². The summed E-state index contributed by atoms with van der Waals surface area (Å²) >= 11 is 0. The van der Waals surface area contributed by atoms with E-state index in [1.54, 1.807) is 0 Å². The number of carbonyl (C=O) groups is 2. The number of ether oxygens (including phenoxy) is 2. The summed E-state index contributed by atoms with van der Waals surface area (Å²) in [5, 5.41) is 0. The van der Waals surface area contributed by atoms with Crippen LogP contribution in [0.2, 0.25) is 0 Å². The van der Waals surface area contributed by atoms with Gasteiger partial charge in [0.1, 0.15) is 0 Å². The summed E-state index contributed by atoms with van der Waals surface area (Å²) in [6.07, 6.45) is 4.23.